The molecule has 0 bridgehead atoms. The fourth-order valence-corrected chi connectivity index (χ4v) is 4.23. The predicted octanol–water partition coefficient (Wildman–Crippen LogP) is 0.866. The van der Waals surface area contributed by atoms with Crippen LogP contribution in [0.2, 0.25) is 0 Å². The molecule has 0 N–H and O–H groups in total. The number of morpholine rings is 1. The average molecular weight is 424 g/mol. The standard InChI is InChI=1S/C20H26FN3O4S/c1-22(12-14-3-4-15(21)11-17(14)29-2)19(26)16-13-24(20(27)18(16)25)6-5-23-7-9-28-10-8-23/h3-4,11,16H,5-10,12-13H2,1-2H3. The third kappa shape index (κ3) is 5.15. The van der Waals surface area contributed by atoms with E-state index in [4.69, 9.17) is 4.74 Å². The van der Waals surface area contributed by atoms with E-state index in [1.54, 1.807) is 13.1 Å². The first-order valence-corrected chi connectivity index (χ1v) is 10.8. The normalized spacial score (nSPS) is 20.4. The first-order valence-electron chi connectivity index (χ1n) is 9.61. The molecule has 1 atom stereocenters. The highest BCUT2D eigenvalue weighted by atomic mass is 32.2. The molecule has 2 fully saturated rings. The average Bonchev–Trinajstić information content (AvgIpc) is 3.02. The van der Waals surface area contributed by atoms with Crippen molar-refractivity contribution in [2.45, 2.75) is 11.4 Å². The van der Waals surface area contributed by atoms with Crippen LogP contribution in [0.3, 0.4) is 0 Å². The highest BCUT2D eigenvalue weighted by Gasteiger charge is 2.44. The minimum absolute atomic E-state index is 0.115. The number of likely N-dealkylation sites (tertiary alicyclic amines) is 1. The molecule has 2 heterocycles. The summed E-state index contributed by atoms with van der Waals surface area (Å²) < 4.78 is 18.7. The van der Waals surface area contributed by atoms with Crippen LogP contribution >= 0.6 is 11.8 Å². The summed E-state index contributed by atoms with van der Waals surface area (Å²) in [4.78, 5) is 43.4. The van der Waals surface area contributed by atoms with Gasteiger partial charge in [-0.3, -0.25) is 19.3 Å². The Morgan fingerprint density at radius 2 is 2.00 bits per heavy atom. The van der Waals surface area contributed by atoms with E-state index < -0.39 is 17.6 Å². The fourth-order valence-electron chi connectivity index (χ4n) is 3.61. The van der Waals surface area contributed by atoms with Crippen LogP contribution in [0, 0.1) is 11.7 Å². The van der Waals surface area contributed by atoms with Crippen molar-refractivity contribution in [3.63, 3.8) is 0 Å². The zero-order chi connectivity index (χ0) is 21.0. The number of ether oxygens (including phenoxy) is 1. The third-order valence-electron chi connectivity index (χ3n) is 5.34. The zero-order valence-electron chi connectivity index (χ0n) is 16.7. The molecule has 2 amide bonds. The van der Waals surface area contributed by atoms with Crippen molar-refractivity contribution < 1.29 is 23.5 Å². The van der Waals surface area contributed by atoms with Gasteiger partial charge in [0, 0.05) is 51.2 Å². The Morgan fingerprint density at radius 1 is 1.28 bits per heavy atom. The highest BCUT2D eigenvalue weighted by Crippen LogP contribution is 2.24. The molecule has 0 saturated carbocycles. The van der Waals surface area contributed by atoms with Crippen molar-refractivity contribution in [2.75, 3.05) is 59.2 Å². The van der Waals surface area contributed by atoms with E-state index in [1.165, 1.54) is 33.7 Å². The molecule has 1 aromatic rings. The number of carbonyl (C=O) groups excluding carboxylic acids is 3. The van der Waals surface area contributed by atoms with Gasteiger partial charge in [-0.25, -0.2) is 4.39 Å². The van der Waals surface area contributed by atoms with E-state index in [-0.39, 0.29) is 24.8 Å². The maximum absolute atomic E-state index is 13.4. The van der Waals surface area contributed by atoms with Crippen LogP contribution in [0.1, 0.15) is 5.56 Å². The summed E-state index contributed by atoms with van der Waals surface area (Å²) in [6, 6.07) is 4.42. The molecular formula is C20H26FN3O4S. The minimum Gasteiger partial charge on any atom is -0.379 e. The number of thioether (sulfide) groups is 1. The number of hydrogen-bond acceptors (Lipinski definition) is 6. The van der Waals surface area contributed by atoms with Crippen molar-refractivity contribution in [2.24, 2.45) is 5.92 Å². The van der Waals surface area contributed by atoms with Crippen molar-refractivity contribution >= 4 is 29.4 Å². The van der Waals surface area contributed by atoms with E-state index in [1.807, 2.05) is 6.26 Å². The Hall–Kier alpha value is -1.97. The molecule has 29 heavy (non-hydrogen) atoms. The molecule has 1 unspecified atom stereocenters. The van der Waals surface area contributed by atoms with E-state index >= 15 is 0 Å². The van der Waals surface area contributed by atoms with Gasteiger partial charge in [-0.2, -0.15) is 0 Å². The van der Waals surface area contributed by atoms with Crippen molar-refractivity contribution in [3.05, 3.63) is 29.6 Å². The lowest BCUT2D eigenvalue weighted by Crippen LogP contribution is -2.42. The number of nitrogens with zero attached hydrogens (tertiary/aromatic N) is 3. The van der Waals surface area contributed by atoms with Crippen LogP contribution in [-0.4, -0.2) is 91.5 Å². The summed E-state index contributed by atoms with van der Waals surface area (Å²) in [5, 5.41) is 0. The Kier molecular flexibility index (Phi) is 7.26. The second-order valence-electron chi connectivity index (χ2n) is 7.27. The molecule has 2 aliphatic rings. The number of ketones is 1. The van der Waals surface area contributed by atoms with Gasteiger partial charge >= 0.3 is 0 Å². The number of rotatable bonds is 7. The summed E-state index contributed by atoms with van der Waals surface area (Å²) in [5.41, 5.74) is 0.802. The first-order chi connectivity index (χ1) is 13.9. The maximum Gasteiger partial charge on any atom is 0.290 e. The fraction of sp³-hybridized carbons (Fsp3) is 0.550. The van der Waals surface area contributed by atoms with Crippen LogP contribution in [0.25, 0.3) is 0 Å². The molecular weight excluding hydrogens is 397 g/mol. The molecule has 2 aliphatic heterocycles. The quantitative estimate of drug-likeness (QED) is 0.368. The summed E-state index contributed by atoms with van der Waals surface area (Å²) in [7, 11) is 1.60. The highest BCUT2D eigenvalue weighted by molar-refractivity contribution is 7.98. The number of amides is 2. The Bertz CT molecular complexity index is 785. The lowest BCUT2D eigenvalue weighted by atomic mass is 10.1. The second-order valence-corrected chi connectivity index (χ2v) is 8.12. The zero-order valence-corrected chi connectivity index (χ0v) is 17.5. The van der Waals surface area contributed by atoms with Gasteiger partial charge in [0.05, 0.1) is 13.2 Å². The Balaban J connectivity index is 1.59. The summed E-state index contributed by atoms with van der Waals surface area (Å²) in [5.74, 6) is -2.92. The van der Waals surface area contributed by atoms with Crippen molar-refractivity contribution in [3.8, 4) is 0 Å². The summed E-state index contributed by atoms with van der Waals surface area (Å²) in [6.45, 7) is 4.39. The molecule has 3 rings (SSSR count). The van der Waals surface area contributed by atoms with Gasteiger partial charge in [0.25, 0.3) is 5.91 Å². The van der Waals surface area contributed by atoms with E-state index in [0.717, 1.165) is 23.5 Å². The van der Waals surface area contributed by atoms with Crippen LogP contribution in [0.15, 0.2) is 23.1 Å². The van der Waals surface area contributed by atoms with Gasteiger partial charge in [0.15, 0.2) is 0 Å². The van der Waals surface area contributed by atoms with Gasteiger partial charge in [-0.05, 0) is 24.0 Å². The monoisotopic (exact) mass is 423 g/mol. The molecule has 158 valence electrons. The molecule has 0 radical (unpaired) electrons. The number of halogens is 1. The lowest BCUT2D eigenvalue weighted by Gasteiger charge is -2.28. The minimum atomic E-state index is -0.977. The Labute approximate surface area is 174 Å². The van der Waals surface area contributed by atoms with Crippen molar-refractivity contribution in [1.82, 2.24) is 14.7 Å². The molecule has 0 aromatic heterocycles. The topological polar surface area (TPSA) is 70.2 Å². The van der Waals surface area contributed by atoms with E-state index in [0.29, 0.717) is 26.3 Å². The van der Waals surface area contributed by atoms with Crippen LogP contribution in [0.4, 0.5) is 4.39 Å². The SMILES string of the molecule is CSc1cc(F)ccc1CN(C)C(=O)C1CN(CCN2CCOCC2)C(=O)C1=O. The van der Waals surface area contributed by atoms with Gasteiger partial charge in [0.2, 0.25) is 11.7 Å². The number of Topliss-reactive ketones (excluding diaryl/α,β-unsaturated/α-hetero) is 1. The Morgan fingerprint density at radius 3 is 2.69 bits per heavy atom. The van der Waals surface area contributed by atoms with E-state index in [2.05, 4.69) is 4.90 Å². The predicted molar refractivity (Wildman–Crippen MR) is 107 cm³/mol. The molecule has 9 heteroatoms. The van der Waals surface area contributed by atoms with Gasteiger partial charge in [-0.15, -0.1) is 11.8 Å². The molecule has 7 nitrogen and oxygen atoms in total. The number of hydrogen-bond donors (Lipinski definition) is 0. The maximum atomic E-state index is 13.4. The summed E-state index contributed by atoms with van der Waals surface area (Å²) in [6.07, 6.45) is 1.84. The van der Waals surface area contributed by atoms with Gasteiger partial charge in [-0.1, -0.05) is 6.07 Å². The summed E-state index contributed by atoms with van der Waals surface area (Å²) >= 11 is 1.40. The van der Waals surface area contributed by atoms with Crippen LogP contribution in [-0.2, 0) is 25.7 Å². The smallest absolute Gasteiger partial charge is 0.290 e. The molecule has 0 aliphatic carbocycles. The molecule has 2 saturated heterocycles. The third-order valence-corrected chi connectivity index (χ3v) is 6.16. The van der Waals surface area contributed by atoms with Crippen molar-refractivity contribution in [1.29, 1.82) is 0 Å². The van der Waals surface area contributed by atoms with Gasteiger partial charge < -0.3 is 14.5 Å². The van der Waals surface area contributed by atoms with Crippen LogP contribution in [0.5, 0.6) is 0 Å². The largest absolute Gasteiger partial charge is 0.379 e. The first kappa shape index (κ1) is 21.7. The van der Waals surface area contributed by atoms with Gasteiger partial charge in [0.1, 0.15) is 11.7 Å². The lowest BCUT2D eigenvalue weighted by molar-refractivity contribution is -0.144. The second kappa shape index (κ2) is 9.69. The number of carbonyl (C=O) groups is 3. The molecule has 1 aromatic carbocycles. The number of benzene rings is 1. The molecule has 0 spiro atoms. The van der Waals surface area contributed by atoms with E-state index in [9.17, 15) is 18.8 Å². The van der Waals surface area contributed by atoms with Crippen LogP contribution < -0.4 is 0 Å².